The highest BCUT2D eigenvalue weighted by Crippen LogP contribution is 2.35. The molecule has 2 N–H and O–H groups in total. The van der Waals surface area contributed by atoms with Crippen LogP contribution in [0, 0.1) is 0 Å². The van der Waals surface area contributed by atoms with E-state index >= 15 is 0 Å². The first kappa shape index (κ1) is 17.5. The molecule has 1 aliphatic carbocycles. The Bertz CT molecular complexity index is 707. The van der Waals surface area contributed by atoms with Gasteiger partial charge in [-0.3, -0.25) is 0 Å². The lowest BCUT2D eigenvalue weighted by Crippen LogP contribution is -2.12. The van der Waals surface area contributed by atoms with Gasteiger partial charge in [-0.05, 0) is 36.5 Å². The lowest BCUT2D eigenvalue weighted by molar-refractivity contribution is -0.137. The quantitative estimate of drug-likeness (QED) is 0.783. The van der Waals surface area contributed by atoms with Crippen LogP contribution in [0.5, 0.6) is 0 Å². The molecule has 1 saturated carbocycles. The van der Waals surface area contributed by atoms with E-state index < -0.39 is 11.7 Å². The standard InChI is InChI=1S/C18H21F3N4/c1-22-16-15(18(19,20)21)11-23-17(25-16)24-14-9-7-13(8-10-14)12-5-3-2-4-6-12/h7-12H,2-6H2,1H3,(H2,22,23,24,25). The van der Waals surface area contributed by atoms with Crippen molar-refractivity contribution in [2.24, 2.45) is 0 Å². The van der Waals surface area contributed by atoms with E-state index in [-0.39, 0.29) is 11.8 Å². The minimum atomic E-state index is -4.49. The maximum absolute atomic E-state index is 12.9. The summed E-state index contributed by atoms with van der Waals surface area (Å²) in [6, 6.07) is 7.98. The smallest absolute Gasteiger partial charge is 0.372 e. The molecule has 0 atom stereocenters. The maximum atomic E-state index is 12.9. The summed E-state index contributed by atoms with van der Waals surface area (Å²) in [7, 11) is 1.40. The van der Waals surface area contributed by atoms with Gasteiger partial charge in [0.05, 0.1) is 0 Å². The summed E-state index contributed by atoms with van der Waals surface area (Å²) in [4.78, 5) is 7.69. The second kappa shape index (κ2) is 7.29. The van der Waals surface area contributed by atoms with Crippen molar-refractivity contribution in [1.82, 2.24) is 9.97 Å². The van der Waals surface area contributed by atoms with Crippen LogP contribution in [0.3, 0.4) is 0 Å². The molecule has 0 unspecified atom stereocenters. The lowest BCUT2D eigenvalue weighted by atomic mass is 9.84. The Kier molecular flexibility index (Phi) is 5.11. The number of anilines is 3. The van der Waals surface area contributed by atoms with Crippen molar-refractivity contribution >= 4 is 17.5 Å². The van der Waals surface area contributed by atoms with Gasteiger partial charge in [0.1, 0.15) is 11.4 Å². The first-order valence-electron chi connectivity index (χ1n) is 8.46. The molecule has 0 radical (unpaired) electrons. The summed E-state index contributed by atoms with van der Waals surface area (Å²) >= 11 is 0. The minimum absolute atomic E-state index is 0.128. The molecule has 0 saturated heterocycles. The molecular weight excluding hydrogens is 329 g/mol. The number of hydrogen-bond acceptors (Lipinski definition) is 4. The molecule has 1 aromatic carbocycles. The predicted octanol–water partition coefficient (Wildman–Crippen LogP) is 5.33. The van der Waals surface area contributed by atoms with Gasteiger partial charge in [0.25, 0.3) is 0 Å². The van der Waals surface area contributed by atoms with Gasteiger partial charge in [-0.25, -0.2) is 4.98 Å². The number of alkyl halides is 3. The molecule has 2 aromatic rings. The molecule has 1 aromatic heterocycles. The van der Waals surface area contributed by atoms with Gasteiger partial charge in [0, 0.05) is 18.9 Å². The topological polar surface area (TPSA) is 49.8 Å². The van der Waals surface area contributed by atoms with Gasteiger partial charge in [-0.15, -0.1) is 0 Å². The van der Waals surface area contributed by atoms with Crippen LogP contribution >= 0.6 is 0 Å². The van der Waals surface area contributed by atoms with E-state index in [1.807, 2.05) is 12.1 Å². The van der Waals surface area contributed by atoms with Crippen molar-refractivity contribution in [1.29, 1.82) is 0 Å². The Morgan fingerprint density at radius 3 is 2.32 bits per heavy atom. The first-order chi connectivity index (χ1) is 12.0. The average Bonchev–Trinajstić information content (AvgIpc) is 2.62. The van der Waals surface area contributed by atoms with Crippen molar-refractivity contribution in [3.8, 4) is 0 Å². The van der Waals surface area contributed by atoms with E-state index in [1.54, 1.807) is 0 Å². The molecule has 0 amide bonds. The number of nitrogens with one attached hydrogen (secondary N) is 2. The van der Waals surface area contributed by atoms with Gasteiger partial charge in [-0.1, -0.05) is 31.4 Å². The zero-order valence-electron chi connectivity index (χ0n) is 14.0. The lowest BCUT2D eigenvalue weighted by Gasteiger charge is -2.22. The molecule has 0 aliphatic heterocycles. The van der Waals surface area contributed by atoms with Gasteiger partial charge in [-0.2, -0.15) is 18.2 Å². The molecule has 25 heavy (non-hydrogen) atoms. The molecular formula is C18H21F3N4. The van der Waals surface area contributed by atoms with E-state index in [0.29, 0.717) is 5.92 Å². The Morgan fingerprint density at radius 2 is 1.72 bits per heavy atom. The number of nitrogens with zero attached hydrogens (tertiary/aromatic N) is 2. The van der Waals surface area contributed by atoms with Crippen molar-refractivity contribution in [3.05, 3.63) is 41.6 Å². The molecule has 1 heterocycles. The molecule has 0 bridgehead atoms. The fraction of sp³-hybridized carbons (Fsp3) is 0.444. The van der Waals surface area contributed by atoms with Crippen LogP contribution < -0.4 is 10.6 Å². The highest BCUT2D eigenvalue weighted by atomic mass is 19.4. The molecule has 3 rings (SSSR count). The minimum Gasteiger partial charge on any atom is -0.372 e. The average molecular weight is 350 g/mol. The molecule has 4 nitrogen and oxygen atoms in total. The molecule has 7 heteroatoms. The predicted molar refractivity (Wildman–Crippen MR) is 92.1 cm³/mol. The largest absolute Gasteiger partial charge is 0.421 e. The molecule has 1 aliphatic rings. The monoisotopic (exact) mass is 350 g/mol. The summed E-state index contributed by atoms with van der Waals surface area (Å²) in [5.41, 5.74) is 1.18. The van der Waals surface area contributed by atoms with Gasteiger partial charge < -0.3 is 10.6 Å². The van der Waals surface area contributed by atoms with Crippen LogP contribution in [-0.4, -0.2) is 17.0 Å². The van der Waals surface area contributed by atoms with Crippen molar-refractivity contribution in [3.63, 3.8) is 0 Å². The zero-order chi connectivity index (χ0) is 17.9. The number of hydrogen-bond donors (Lipinski definition) is 2. The second-order valence-corrected chi connectivity index (χ2v) is 6.29. The fourth-order valence-electron chi connectivity index (χ4n) is 3.24. The van der Waals surface area contributed by atoms with Gasteiger partial charge in [0.2, 0.25) is 5.95 Å². The van der Waals surface area contributed by atoms with E-state index in [1.165, 1.54) is 44.7 Å². The number of halogens is 3. The molecule has 1 fully saturated rings. The molecule has 0 spiro atoms. The summed E-state index contributed by atoms with van der Waals surface area (Å²) in [5.74, 6) is 0.493. The Balaban J connectivity index is 1.73. The number of aromatic nitrogens is 2. The van der Waals surface area contributed by atoms with Crippen LogP contribution in [0.2, 0.25) is 0 Å². The second-order valence-electron chi connectivity index (χ2n) is 6.29. The van der Waals surface area contributed by atoms with E-state index in [2.05, 4.69) is 32.7 Å². The van der Waals surface area contributed by atoms with Crippen molar-refractivity contribution < 1.29 is 13.2 Å². The molecule has 134 valence electrons. The highest BCUT2D eigenvalue weighted by Gasteiger charge is 2.35. The Labute approximate surface area is 144 Å². The van der Waals surface area contributed by atoms with Crippen molar-refractivity contribution in [2.45, 2.75) is 44.2 Å². The zero-order valence-corrected chi connectivity index (χ0v) is 14.0. The third kappa shape index (κ3) is 4.21. The Morgan fingerprint density at radius 1 is 1.04 bits per heavy atom. The summed E-state index contributed by atoms with van der Waals surface area (Å²) in [5, 5.41) is 5.43. The summed E-state index contributed by atoms with van der Waals surface area (Å²) in [6.07, 6.45) is 2.61. The third-order valence-corrected chi connectivity index (χ3v) is 4.57. The van der Waals surface area contributed by atoms with Crippen LogP contribution in [-0.2, 0) is 6.18 Å². The fourth-order valence-corrected chi connectivity index (χ4v) is 3.24. The summed E-state index contributed by atoms with van der Waals surface area (Å²) in [6.45, 7) is 0. The van der Waals surface area contributed by atoms with Gasteiger partial charge >= 0.3 is 6.18 Å². The van der Waals surface area contributed by atoms with Crippen LogP contribution in [0.1, 0.15) is 49.1 Å². The Hall–Kier alpha value is -2.31. The van der Waals surface area contributed by atoms with Crippen LogP contribution in [0.4, 0.5) is 30.6 Å². The third-order valence-electron chi connectivity index (χ3n) is 4.57. The van der Waals surface area contributed by atoms with Crippen LogP contribution in [0.25, 0.3) is 0 Å². The van der Waals surface area contributed by atoms with E-state index in [4.69, 9.17) is 0 Å². The first-order valence-corrected chi connectivity index (χ1v) is 8.46. The maximum Gasteiger partial charge on any atom is 0.421 e. The SMILES string of the molecule is CNc1nc(Nc2ccc(C3CCCCC3)cc2)ncc1C(F)(F)F. The highest BCUT2D eigenvalue weighted by molar-refractivity contribution is 5.57. The van der Waals surface area contributed by atoms with E-state index in [9.17, 15) is 13.2 Å². The number of rotatable bonds is 4. The summed E-state index contributed by atoms with van der Waals surface area (Å²) < 4.78 is 38.6. The van der Waals surface area contributed by atoms with E-state index in [0.717, 1.165) is 11.9 Å². The van der Waals surface area contributed by atoms with Gasteiger partial charge in [0.15, 0.2) is 0 Å². The van der Waals surface area contributed by atoms with Crippen LogP contribution in [0.15, 0.2) is 30.5 Å². The number of benzene rings is 1. The van der Waals surface area contributed by atoms with Crippen molar-refractivity contribution in [2.75, 3.05) is 17.7 Å². The normalized spacial score (nSPS) is 15.8.